The zero-order valence-corrected chi connectivity index (χ0v) is 17.3. The van der Waals surface area contributed by atoms with Crippen LogP contribution in [0.1, 0.15) is 47.2 Å². The summed E-state index contributed by atoms with van der Waals surface area (Å²) >= 11 is 5.77. The molecule has 6 heteroatoms. The molecule has 0 aromatic carbocycles. The summed E-state index contributed by atoms with van der Waals surface area (Å²) in [6.07, 6.45) is 5.50. The first-order valence-corrected chi connectivity index (χ1v) is 10.0. The van der Waals surface area contributed by atoms with E-state index in [1.54, 1.807) is 0 Å². The Hall–Kier alpha value is -2.73. The minimum atomic E-state index is 0.0151. The van der Waals surface area contributed by atoms with Gasteiger partial charge in [-0.1, -0.05) is 6.07 Å². The van der Waals surface area contributed by atoms with E-state index >= 15 is 0 Å². The van der Waals surface area contributed by atoms with Gasteiger partial charge >= 0.3 is 0 Å². The fourth-order valence-electron chi connectivity index (χ4n) is 4.21. The van der Waals surface area contributed by atoms with Gasteiger partial charge in [0.25, 0.3) is 0 Å². The van der Waals surface area contributed by atoms with Crippen LogP contribution >= 0.6 is 12.2 Å². The summed E-state index contributed by atoms with van der Waals surface area (Å²) in [5.74, 6) is 0. The fraction of sp³-hybridized carbons (Fsp3) is 0.318. The molecule has 0 bridgehead atoms. The summed E-state index contributed by atoms with van der Waals surface area (Å²) in [5.41, 5.74) is 6.06. The highest BCUT2D eigenvalue weighted by atomic mass is 32.1. The Morgan fingerprint density at radius 2 is 1.89 bits per heavy atom. The smallest absolute Gasteiger partial charge is 0.170 e. The van der Waals surface area contributed by atoms with Crippen molar-refractivity contribution in [2.75, 3.05) is 0 Å². The first kappa shape index (κ1) is 18.6. The van der Waals surface area contributed by atoms with E-state index in [1.165, 1.54) is 22.5 Å². The van der Waals surface area contributed by atoms with Gasteiger partial charge in [-0.05, 0) is 74.4 Å². The summed E-state index contributed by atoms with van der Waals surface area (Å²) in [7, 11) is 0. The molecule has 3 aromatic heterocycles. The van der Waals surface area contributed by atoms with Crippen LogP contribution in [0.25, 0.3) is 0 Å². The van der Waals surface area contributed by atoms with Crippen LogP contribution in [-0.4, -0.2) is 24.5 Å². The highest BCUT2D eigenvalue weighted by Gasteiger charge is 2.41. The van der Waals surface area contributed by atoms with E-state index in [9.17, 15) is 0 Å². The molecule has 0 radical (unpaired) electrons. The summed E-state index contributed by atoms with van der Waals surface area (Å²) < 4.78 is 2.36. The Bertz CT molecular complexity index is 967. The molecule has 3 aromatic rings. The lowest BCUT2D eigenvalue weighted by atomic mass is 9.96. The highest BCUT2D eigenvalue weighted by Crippen LogP contribution is 2.41. The van der Waals surface area contributed by atoms with Crippen molar-refractivity contribution in [1.82, 2.24) is 24.8 Å². The molecule has 0 amide bonds. The maximum Gasteiger partial charge on any atom is 0.170 e. The van der Waals surface area contributed by atoms with Crippen LogP contribution in [0.4, 0.5) is 0 Å². The van der Waals surface area contributed by atoms with E-state index < -0.39 is 0 Å². The average Bonchev–Trinajstić information content (AvgIpc) is 3.19. The molecular weight excluding hydrogens is 366 g/mol. The third kappa shape index (κ3) is 3.29. The van der Waals surface area contributed by atoms with Crippen LogP contribution < -0.4 is 5.32 Å². The van der Waals surface area contributed by atoms with Crippen LogP contribution in [0.15, 0.2) is 55.0 Å². The van der Waals surface area contributed by atoms with Gasteiger partial charge in [0.05, 0.1) is 17.8 Å². The van der Waals surface area contributed by atoms with Gasteiger partial charge in [-0.15, -0.1) is 0 Å². The number of hydrogen-bond donors (Lipinski definition) is 1. The topological polar surface area (TPSA) is 46.0 Å². The Balaban J connectivity index is 1.80. The van der Waals surface area contributed by atoms with Crippen molar-refractivity contribution in [3.63, 3.8) is 0 Å². The maximum atomic E-state index is 5.77. The molecule has 1 aliphatic heterocycles. The molecule has 5 nitrogen and oxygen atoms in total. The molecular formula is C22H25N5S. The lowest BCUT2D eigenvalue weighted by Gasteiger charge is -2.28. The van der Waals surface area contributed by atoms with Gasteiger partial charge in [-0.25, -0.2) is 0 Å². The summed E-state index contributed by atoms with van der Waals surface area (Å²) in [6, 6.07) is 12.5. The number of hydrogen-bond acceptors (Lipinski definition) is 3. The van der Waals surface area contributed by atoms with Gasteiger partial charge in [-0.3, -0.25) is 9.97 Å². The zero-order valence-electron chi connectivity index (χ0n) is 16.5. The molecule has 1 N–H and O–H groups in total. The Morgan fingerprint density at radius 3 is 2.54 bits per heavy atom. The standard InChI is InChI=1S/C22H25N5S/c1-4-26-15(2)13-18(16(26)3)21-20(19-7-5-6-10-24-19)25-22(28)27(21)14-17-8-11-23-12-9-17/h5-13,20-21H,4,14H2,1-3H3,(H,25,28)/t20-,21-/m1/s1. The van der Waals surface area contributed by atoms with Crippen molar-refractivity contribution in [3.8, 4) is 0 Å². The quantitative estimate of drug-likeness (QED) is 0.664. The van der Waals surface area contributed by atoms with E-state index in [2.05, 4.69) is 57.7 Å². The molecule has 144 valence electrons. The highest BCUT2D eigenvalue weighted by molar-refractivity contribution is 7.80. The number of rotatable bonds is 5. The molecule has 28 heavy (non-hydrogen) atoms. The molecule has 0 unspecified atom stereocenters. The minimum absolute atomic E-state index is 0.0151. The molecule has 4 rings (SSSR count). The number of nitrogens with zero attached hydrogens (tertiary/aromatic N) is 4. The van der Waals surface area contributed by atoms with Gasteiger partial charge in [0, 0.05) is 43.1 Å². The second-order valence-electron chi connectivity index (χ2n) is 7.18. The van der Waals surface area contributed by atoms with Crippen LogP contribution in [0.2, 0.25) is 0 Å². The number of aryl methyl sites for hydroxylation is 1. The fourth-order valence-corrected chi connectivity index (χ4v) is 4.52. The van der Waals surface area contributed by atoms with Crippen molar-refractivity contribution in [2.45, 2.75) is 45.9 Å². The lowest BCUT2D eigenvalue weighted by molar-refractivity contribution is 0.309. The van der Waals surface area contributed by atoms with E-state index in [1.807, 2.05) is 42.9 Å². The number of thiocarbonyl (C=S) groups is 1. The average molecular weight is 392 g/mol. The number of nitrogens with one attached hydrogen (secondary N) is 1. The predicted molar refractivity (Wildman–Crippen MR) is 115 cm³/mol. The van der Waals surface area contributed by atoms with Crippen LogP contribution in [-0.2, 0) is 13.1 Å². The summed E-state index contributed by atoms with van der Waals surface area (Å²) in [6.45, 7) is 8.25. The SMILES string of the molecule is CCn1c(C)cc([C@@H]2[C@@H](c3ccccn3)NC(=S)N2Cc2ccncc2)c1C. The normalized spacial score (nSPS) is 19.1. The third-order valence-corrected chi connectivity index (χ3v) is 5.90. The maximum absolute atomic E-state index is 5.77. The molecule has 1 saturated heterocycles. The van der Waals surface area contributed by atoms with Crippen molar-refractivity contribution < 1.29 is 0 Å². The minimum Gasteiger partial charge on any atom is -0.352 e. The van der Waals surface area contributed by atoms with Crippen molar-refractivity contribution >= 4 is 17.3 Å². The molecule has 1 fully saturated rings. The molecule has 1 aliphatic rings. The zero-order chi connectivity index (χ0) is 19.7. The molecule has 0 spiro atoms. The third-order valence-electron chi connectivity index (χ3n) is 5.55. The van der Waals surface area contributed by atoms with E-state index in [4.69, 9.17) is 12.2 Å². The van der Waals surface area contributed by atoms with E-state index in [0.717, 1.165) is 23.9 Å². The van der Waals surface area contributed by atoms with E-state index in [-0.39, 0.29) is 12.1 Å². The summed E-state index contributed by atoms with van der Waals surface area (Å²) in [5, 5.41) is 4.30. The molecule has 0 saturated carbocycles. The molecule has 0 aliphatic carbocycles. The number of aromatic nitrogens is 3. The first-order chi connectivity index (χ1) is 13.6. The van der Waals surface area contributed by atoms with Gasteiger partial charge in [-0.2, -0.15) is 0 Å². The van der Waals surface area contributed by atoms with Gasteiger partial charge in [0.1, 0.15) is 0 Å². The van der Waals surface area contributed by atoms with Crippen LogP contribution in [0, 0.1) is 13.8 Å². The van der Waals surface area contributed by atoms with Crippen molar-refractivity contribution in [3.05, 3.63) is 83.2 Å². The van der Waals surface area contributed by atoms with E-state index in [0.29, 0.717) is 0 Å². The largest absolute Gasteiger partial charge is 0.352 e. The second kappa shape index (κ2) is 7.72. The lowest BCUT2D eigenvalue weighted by Crippen LogP contribution is -2.29. The Kier molecular flexibility index (Phi) is 5.13. The molecule has 2 atom stereocenters. The monoisotopic (exact) mass is 391 g/mol. The Morgan fingerprint density at radius 1 is 1.11 bits per heavy atom. The Labute approximate surface area is 171 Å². The second-order valence-corrected chi connectivity index (χ2v) is 7.57. The van der Waals surface area contributed by atoms with Crippen LogP contribution in [0.5, 0.6) is 0 Å². The first-order valence-electron chi connectivity index (χ1n) is 9.63. The van der Waals surface area contributed by atoms with Gasteiger partial charge < -0.3 is 14.8 Å². The summed E-state index contributed by atoms with van der Waals surface area (Å²) in [4.78, 5) is 11.0. The predicted octanol–water partition coefficient (Wildman–Crippen LogP) is 4.09. The van der Waals surface area contributed by atoms with Crippen LogP contribution in [0.3, 0.4) is 0 Å². The van der Waals surface area contributed by atoms with Crippen molar-refractivity contribution in [2.24, 2.45) is 0 Å². The van der Waals surface area contributed by atoms with Gasteiger partial charge in [0.2, 0.25) is 0 Å². The number of pyridine rings is 2. The van der Waals surface area contributed by atoms with Crippen molar-refractivity contribution in [1.29, 1.82) is 0 Å². The molecule has 4 heterocycles. The van der Waals surface area contributed by atoms with Gasteiger partial charge in [0.15, 0.2) is 5.11 Å².